The van der Waals surface area contributed by atoms with E-state index in [4.69, 9.17) is 16.3 Å². The van der Waals surface area contributed by atoms with Gasteiger partial charge in [0.05, 0.1) is 11.6 Å². The Morgan fingerprint density at radius 1 is 1.54 bits per heavy atom. The molecule has 1 heterocycles. The molecule has 0 saturated carbocycles. The maximum atomic E-state index is 11.7. The number of hydrogen-bond acceptors (Lipinski definition) is 2. The highest BCUT2D eigenvalue weighted by atomic mass is 35.5. The van der Waals surface area contributed by atoms with E-state index in [1.165, 1.54) is 18.3 Å². The van der Waals surface area contributed by atoms with Gasteiger partial charge in [0.2, 0.25) is 0 Å². The fourth-order valence-corrected chi connectivity index (χ4v) is 0.924. The molecule has 0 spiro atoms. The molecule has 1 aromatic rings. The molecule has 0 bridgehead atoms. The second-order valence-electron chi connectivity index (χ2n) is 2.32. The summed E-state index contributed by atoms with van der Waals surface area (Å²) in [6.45, 7) is -0.605. The first-order valence-corrected chi connectivity index (χ1v) is 4.17. The minimum atomic E-state index is -2.47. The highest BCUT2D eigenvalue weighted by Gasteiger charge is 2.03. The van der Waals surface area contributed by atoms with E-state index >= 15 is 0 Å². The van der Waals surface area contributed by atoms with Gasteiger partial charge < -0.3 is 4.74 Å². The van der Waals surface area contributed by atoms with Crippen LogP contribution in [0.5, 0.6) is 5.75 Å². The Morgan fingerprint density at radius 2 is 2.31 bits per heavy atom. The zero-order chi connectivity index (χ0) is 9.68. The van der Waals surface area contributed by atoms with Crippen LogP contribution in [0.2, 0.25) is 0 Å². The number of halogens is 3. The van der Waals surface area contributed by atoms with E-state index in [0.29, 0.717) is 11.4 Å². The molecule has 13 heavy (non-hydrogen) atoms. The van der Waals surface area contributed by atoms with Crippen molar-refractivity contribution in [3.8, 4) is 5.75 Å². The summed E-state index contributed by atoms with van der Waals surface area (Å²) in [5.74, 6) is 0.609. The lowest BCUT2D eigenvalue weighted by molar-refractivity contribution is 0.0818. The lowest BCUT2D eigenvalue weighted by Gasteiger charge is -2.05. The van der Waals surface area contributed by atoms with Crippen LogP contribution in [0.4, 0.5) is 8.78 Å². The number of ether oxygens (including phenoxy) is 1. The van der Waals surface area contributed by atoms with Gasteiger partial charge in [-0.1, -0.05) is 0 Å². The van der Waals surface area contributed by atoms with Crippen molar-refractivity contribution in [1.82, 2.24) is 4.98 Å². The number of hydrogen-bond donors (Lipinski definition) is 0. The van der Waals surface area contributed by atoms with Gasteiger partial charge in [-0.2, -0.15) is 0 Å². The number of pyridine rings is 1. The molecule has 2 nitrogen and oxygen atoms in total. The highest BCUT2D eigenvalue weighted by molar-refractivity contribution is 6.16. The van der Waals surface area contributed by atoms with E-state index in [2.05, 4.69) is 4.98 Å². The van der Waals surface area contributed by atoms with Crippen LogP contribution in [0.15, 0.2) is 18.3 Å². The molecule has 0 saturated heterocycles. The van der Waals surface area contributed by atoms with Crippen LogP contribution in [-0.2, 0) is 5.88 Å². The molecule has 1 aromatic heterocycles. The molecule has 0 N–H and O–H groups in total. The maximum Gasteiger partial charge on any atom is 0.272 e. The Bertz CT molecular complexity index is 270. The molecule has 72 valence electrons. The fourth-order valence-electron chi connectivity index (χ4n) is 0.778. The van der Waals surface area contributed by atoms with Gasteiger partial charge in [-0.3, -0.25) is 4.98 Å². The molecular formula is C8H8ClF2NO. The summed E-state index contributed by atoms with van der Waals surface area (Å²) in [6, 6.07) is 3.05. The van der Waals surface area contributed by atoms with Gasteiger partial charge in [-0.05, 0) is 6.07 Å². The molecule has 1 rings (SSSR count). The average molecular weight is 208 g/mol. The summed E-state index contributed by atoms with van der Waals surface area (Å²) >= 11 is 5.50. The Hall–Kier alpha value is -0.900. The lowest BCUT2D eigenvalue weighted by Crippen LogP contribution is -2.07. The molecule has 0 aliphatic rings. The molecule has 0 aliphatic heterocycles. The van der Waals surface area contributed by atoms with Crippen molar-refractivity contribution in [2.24, 2.45) is 0 Å². The first kappa shape index (κ1) is 10.2. The van der Waals surface area contributed by atoms with Crippen LogP contribution >= 0.6 is 11.6 Å². The van der Waals surface area contributed by atoms with Gasteiger partial charge in [-0.15, -0.1) is 11.6 Å². The van der Waals surface area contributed by atoms with Crippen molar-refractivity contribution in [2.45, 2.75) is 12.3 Å². The van der Waals surface area contributed by atoms with Crippen LogP contribution in [0.1, 0.15) is 5.69 Å². The molecular weight excluding hydrogens is 200 g/mol. The van der Waals surface area contributed by atoms with Gasteiger partial charge in [0.15, 0.2) is 0 Å². The molecule has 0 unspecified atom stereocenters. The number of aromatic nitrogens is 1. The van der Waals surface area contributed by atoms with Crippen molar-refractivity contribution in [3.05, 3.63) is 24.0 Å². The van der Waals surface area contributed by atoms with Crippen molar-refractivity contribution in [1.29, 1.82) is 0 Å². The Kier molecular flexibility index (Phi) is 3.89. The summed E-state index contributed by atoms with van der Waals surface area (Å²) in [6.07, 6.45) is -0.994. The predicted octanol–water partition coefficient (Wildman–Crippen LogP) is 2.46. The smallest absolute Gasteiger partial charge is 0.272 e. The first-order valence-electron chi connectivity index (χ1n) is 3.64. The predicted molar refractivity (Wildman–Crippen MR) is 45.3 cm³/mol. The van der Waals surface area contributed by atoms with E-state index in [1.807, 2.05) is 0 Å². The summed E-state index contributed by atoms with van der Waals surface area (Å²) in [7, 11) is 0. The topological polar surface area (TPSA) is 22.1 Å². The molecule has 0 radical (unpaired) electrons. The van der Waals surface area contributed by atoms with Gasteiger partial charge in [0.25, 0.3) is 6.43 Å². The minimum Gasteiger partial charge on any atom is -0.488 e. The van der Waals surface area contributed by atoms with E-state index in [1.54, 1.807) is 0 Å². The fraction of sp³-hybridized carbons (Fsp3) is 0.375. The summed E-state index contributed by atoms with van der Waals surface area (Å²) in [5.41, 5.74) is 0.605. The summed E-state index contributed by atoms with van der Waals surface area (Å²) in [4.78, 5) is 3.89. The second-order valence-corrected chi connectivity index (χ2v) is 2.59. The lowest BCUT2D eigenvalue weighted by atomic mass is 10.3. The monoisotopic (exact) mass is 207 g/mol. The average Bonchev–Trinajstić information content (AvgIpc) is 2.15. The van der Waals surface area contributed by atoms with Crippen molar-refractivity contribution < 1.29 is 13.5 Å². The van der Waals surface area contributed by atoms with Crippen LogP contribution < -0.4 is 4.74 Å². The van der Waals surface area contributed by atoms with E-state index < -0.39 is 13.0 Å². The number of nitrogens with zero attached hydrogens (tertiary/aromatic N) is 1. The Morgan fingerprint density at radius 3 is 2.92 bits per heavy atom. The molecule has 0 atom stereocenters. The maximum absolute atomic E-state index is 11.7. The third kappa shape index (κ3) is 3.55. The van der Waals surface area contributed by atoms with Crippen molar-refractivity contribution in [2.75, 3.05) is 6.61 Å². The van der Waals surface area contributed by atoms with Gasteiger partial charge in [-0.25, -0.2) is 8.78 Å². The van der Waals surface area contributed by atoms with Crippen LogP contribution in [0.3, 0.4) is 0 Å². The van der Waals surface area contributed by atoms with E-state index in [0.717, 1.165) is 0 Å². The SMILES string of the molecule is FC(F)COc1ccnc(CCl)c1. The van der Waals surface area contributed by atoms with Gasteiger partial charge in [0, 0.05) is 12.3 Å². The van der Waals surface area contributed by atoms with E-state index in [9.17, 15) is 8.78 Å². The highest BCUT2D eigenvalue weighted by Crippen LogP contribution is 2.12. The van der Waals surface area contributed by atoms with Crippen LogP contribution in [0.25, 0.3) is 0 Å². The molecule has 0 fully saturated rings. The van der Waals surface area contributed by atoms with Crippen molar-refractivity contribution >= 4 is 11.6 Å². The molecule has 0 amide bonds. The standard InChI is InChI=1S/C8H8ClF2NO/c9-4-6-3-7(1-2-12-6)13-5-8(10)11/h1-3,8H,4-5H2. The molecule has 0 aromatic carbocycles. The Balaban J connectivity index is 2.56. The zero-order valence-electron chi connectivity index (χ0n) is 6.71. The Labute approximate surface area is 79.5 Å². The molecule has 5 heteroatoms. The normalized spacial score (nSPS) is 10.5. The quantitative estimate of drug-likeness (QED) is 0.708. The van der Waals surface area contributed by atoms with Gasteiger partial charge in [0.1, 0.15) is 12.4 Å². The third-order valence-electron chi connectivity index (χ3n) is 1.30. The number of rotatable bonds is 4. The minimum absolute atomic E-state index is 0.242. The van der Waals surface area contributed by atoms with Crippen LogP contribution in [-0.4, -0.2) is 18.0 Å². The summed E-state index contributed by atoms with van der Waals surface area (Å²) < 4.78 is 28.2. The first-order chi connectivity index (χ1) is 6.22. The third-order valence-corrected chi connectivity index (χ3v) is 1.57. The summed E-state index contributed by atoms with van der Waals surface area (Å²) in [5, 5.41) is 0. The van der Waals surface area contributed by atoms with Crippen molar-refractivity contribution in [3.63, 3.8) is 0 Å². The molecule has 0 aliphatic carbocycles. The second kappa shape index (κ2) is 4.97. The van der Waals surface area contributed by atoms with Gasteiger partial charge >= 0.3 is 0 Å². The van der Waals surface area contributed by atoms with Crippen LogP contribution in [0, 0.1) is 0 Å². The largest absolute Gasteiger partial charge is 0.488 e. The number of alkyl halides is 3. The van der Waals surface area contributed by atoms with E-state index in [-0.39, 0.29) is 5.88 Å². The zero-order valence-corrected chi connectivity index (χ0v) is 7.47.